The first-order valence-corrected chi connectivity index (χ1v) is 9.40. The first kappa shape index (κ1) is 22.1. The molecule has 0 saturated heterocycles. The van der Waals surface area contributed by atoms with Crippen LogP contribution in [0.25, 0.3) is 0 Å². The highest BCUT2D eigenvalue weighted by molar-refractivity contribution is 8.93. The number of Topliss-reactive ketones (excluding diaryl/α,β-unsaturated/α-hetero) is 1. The van der Waals surface area contributed by atoms with E-state index in [0.717, 1.165) is 22.7 Å². The zero-order chi connectivity index (χ0) is 18.3. The molecule has 3 nitrogen and oxygen atoms in total. The summed E-state index contributed by atoms with van der Waals surface area (Å²) >= 11 is 1.72. The van der Waals surface area contributed by atoms with Crippen LogP contribution in [0.15, 0.2) is 23.2 Å². The SMILES string of the molecule is Br.CC1=CSCN1CC(=O)c1cc(C(C)(C)C)c(O)c(C(C)(C)C)c1. The van der Waals surface area contributed by atoms with Crippen molar-refractivity contribution in [2.45, 2.75) is 59.3 Å². The van der Waals surface area contributed by atoms with Gasteiger partial charge in [0.2, 0.25) is 0 Å². The Balaban J connectivity index is 0.00000312. The van der Waals surface area contributed by atoms with Crippen LogP contribution in [0.5, 0.6) is 5.75 Å². The number of halogens is 1. The fourth-order valence-electron chi connectivity index (χ4n) is 2.80. The van der Waals surface area contributed by atoms with Crippen LogP contribution in [0.2, 0.25) is 0 Å². The molecule has 0 fully saturated rings. The van der Waals surface area contributed by atoms with Crippen LogP contribution in [0, 0.1) is 0 Å². The predicted molar refractivity (Wildman–Crippen MR) is 113 cm³/mol. The molecule has 25 heavy (non-hydrogen) atoms. The molecule has 1 aliphatic rings. The summed E-state index contributed by atoms with van der Waals surface area (Å²) in [7, 11) is 0. The van der Waals surface area contributed by atoms with E-state index in [1.807, 2.05) is 19.1 Å². The van der Waals surface area contributed by atoms with Crippen molar-refractivity contribution in [1.82, 2.24) is 4.90 Å². The van der Waals surface area contributed by atoms with Gasteiger partial charge >= 0.3 is 0 Å². The Bertz CT molecular complexity index is 649. The van der Waals surface area contributed by atoms with Crippen LogP contribution in [-0.2, 0) is 10.8 Å². The highest BCUT2D eigenvalue weighted by atomic mass is 79.9. The molecule has 0 aromatic heterocycles. The minimum absolute atomic E-state index is 0. The monoisotopic (exact) mass is 427 g/mol. The van der Waals surface area contributed by atoms with Gasteiger partial charge in [-0.15, -0.1) is 28.7 Å². The second kappa shape index (κ2) is 7.75. The standard InChI is InChI=1S/C20H29NO2S.BrH/c1-13-11-24-12-21(13)10-17(22)14-8-15(19(2,3)4)18(23)16(9-14)20(5,6)7;/h8-9,11,23H,10,12H2,1-7H3;1H. The van der Waals surface area contributed by atoms with Gasteiger partial charge in [-0.1, -0.05) is 41.5 Å². The summed E-state index contributed by atoms with van der Waals surface area (Å²) in [6.07, 6.45) is 0. The number of phenols is 1. The van der Waals surface area contributed by atoms with Crippen molar-refractivity contribution in [2.75, 3.05) is 12.4 Å². The topological polar surface area (TPSA) is 40.5 Å². The second-order valence-corrected chi connectivity index (χ2v) is 9.42. The van der Waals surface area contributed by atoms with Gasteiger partial charge in [0.25, 0.3) is 0 Å². The van der Waals surface area contributed by atoms with Crippen molar-refractivity contribution in [3.63, 3.8) is 0 Å². The van der Waals surface area contributed by atoms with E-state index in [-0.39, 0.29) is 33.6 Å². The van der Waals surface area contributed by atoms with Gasteiger partial charge in [-0.05, 0) is 35.3 Å². The maximum atomic E-state index is 12.9. The van der Waals surface area contributed by atoms with E-state index >= 15 is 0 Å². The minimum Gasteiger partial charge on any atom is -0.507 e. The lowest BCUT2D eigenvalue weighted by Gasteiger charge is -2.28. The number of carbonyl (C=O) groups excluding carboxylic acids is 1. The van der Waals surface area contributed by atoms with Crippen LogP contribution in [-0.4, -0.2) is 28.2 Å². The number of allylic oxidation sites excluding steroid dienone is 1. The molecule has 0 saturated carbocycles. The third-order valence-corrected chi connectivity index (χ3v) is 5.33. The fraction of sp³-hybridized carbons (Fsp3) is 0.550. The summed E-state index contributed by atoms with van der Waals surface area (Å²) in [5, 5.41) is 12.8. The van der Waals surface area contributed by atoms with Crippen molar-refractivity contribution in [2.24, 2.45) is 0 Å². The normalized spacial score (nSPS) is 15.0. The van der Waals surface area contributed by atoms with E-state index in [0.29, 0.717) is 17.9 Å². The lowest BCUT2D eigenvalue weighted by Crippen LogP contribution is -2.26. The van der Waals surface area contributed by atoms with Crippen molar-refractivity contribution >= 4 is 34.5 Å². The van der Waals surface area contributed by atoms with Gasteiger partial charge in [-0.2, -0.15) is 0 Å². The van der Waals surface area contributed by atoms with Crippen molar-refractivity contribution in [1.29, 1.82) is 0 Å². The maximum Gasteiger partial charge on any atom is 0.182 e. The number of phenolic OH excluding ortho intramolecular Hbond substituents is 1. The molecular formula is C20H30BrNO2S. The summed E-state index contributed by atoms with van der Waals surface area (Å²) in [4.78, 5) is 14.9. The molecular weight excluding hydrogens is 398 g/mol. The molecule has 140 valence electrons. The van der Waals surface area contributed by atoms with E-state index in [4.69, 9.17) is 0 Å². The molecule has 2 rings (SSSR count). The van der Waals surface area contributed by atoms with Gasteiger partial charge in [-0.3, -0.25) is 4.79 Å². The molecule has 1 heterocycles. The number of hydrogen-bond acceptors (Lipinski definition) is 4. The Morgan fingerprint density at radius 1 is 1.12 bits per heavy atom. The van der Waals surface area contributed by atoms with Crippen molar-refractivity contribution in [3.8, 4) is 5.75 Å². The Morgan fingerprint density at radius 2 is 1.60 bits per heavy atom. The molecule has 1 aromatic carbocycles. The number of benzene rings is 1. The molecule has 0 amide bonds. The van der Waals surface area contributed by atoms with Gasteiger partial charge in [-0.25, -0.2) is 0 Å². The highest BCUT2D eigenvalue weighted by Gasteiger charge is 2.28. The van der Waals surface area contributed by atoms with Gasteiger partial charge < -0.3 is 10.0 Å². The average molecular weight is 428 g/mol. The van der Waals surface area contributed by atoms with Crippen molar-refractivity contribution < 1.29 is 9.90 Å². The molecule has 0 atom stereocenters. The maximum absolute atomic E-state index is 12.9. The number of hydrogen-bond donors (Lipinski definition) is 1. The molecule has 0 spiro atoms. The molecule has 0 bridgehead atoms. The molecule has 0 aliphatic carbocycles. The van der Waals surface area contributed by atoms with Crippen LogP contribution in [0.3, 0.4) is 0 Å². The third kappa shape index (κ3) is 5.04. The summed E-state index contributed by atoms with van der Waals surface area (Å²) in [5.41, 5.74) is 3.05. The molecule has 5 heteroatoms. The van der Waals surface area contributed by atoms with Crippen LogP contribution >= 0.6 is 28.7 Å². The van der Waals surface area contributed by atoms with Gasteiger partial charge in [0, 0.05) is 22.4 Å². The number of ketones is 1. The summed E-state index contributed by atoms with van der Waals surface area (Å²) < 4.78 is 0. The third-order valence-electron chi connectivity index (χ3n) is 4.37. The molecule has 1 aromatic rings. The Morgan fingerprint density at radius 3 is 1.96 bits per heavy atom. The number of thioether (sulfide) groups is 1. The Labute approximate surface area is 166 Å². The number of nitrogens with zero attached hydrogens (tertiary/aromatic N) is 1. The Hall–Kier alpha value is -0.940. The van der Waals surface area contributed by atoms with E-state index in [9.17, 15) is 9.90 Å². The number of carbonyl (C=O) groups is 1. The quantitative estimate of drug-likeness (QED) is 0.635. The number of rotatable bonds is 3. The molecule has 1 N–H and O–H groups in total. The largest absolute Gasteiger partial charge is 0.507 e. The van der Waals surface area contributed by atoms with Crippen LogP contribution < -0.4 is 0 Å². The average Bonchev–Trinajstić information content (AvgIpc) is 2.81. The molecule has 0 unspecified atom stereocenters. The lowest BCUT2D eigenvalue weighted by molar-refractivity contribution is 0.0958. The smallest absolute Gasteiger partial charge is 0.182 e. The lowest BCUT2D eigenvalue weighted by atomic mass is 9.78. The van der Waals surface area contributed by atoms with Gasteiger partial charge in [0.1, 0.15) is 5.75 Å². The summed E-state index contributed by atoms with van der Waals surface area (Å²) in [6, 6.07) is 3.74. The number of aromatic hydroxyl groups is 1. The minimum atomic E-state index is -0.223. The van der Waals surface area contributed by atoms with Gasteiger partial charge in [0.05, 0.1) is 12.4 Å². The summed E-state index contributed by atoms with van der Waals surface area (Å²) in [6.45, 7) is 14.8. The molecule has 1 aliphatic heterocycles. The van der Waals surface area contributed by atoms with Crippen LogP contribution in [0.1, 0.15) is 70.0 Å². The van der Waals surface area contributed by atoms with E-state index in [2.05, 4.69) is 51.9 Å². The Kier molecular flexibility index (Phi) is 6.85. The molecule has 0 radical (unpaired) electrons. The van der Waals surface area contributed by atoms with Gasteiger partial charge in [0.15, 0.2) is 5.78 Å². The van der Waals surface area contributed by atoms with E-state index in [1.165, 1.54) is 0 Å². The fourth-order valence-corrected chi connectivity index (χ4v) is 3.74. The first-order valence-electron chi connectivity index (χ1n) is 8.36. The van der Waals surface area contributed by atoms with Crippen LogP contribution in [0.4, 0.5) is 0 Å². The summed E-state index contributed by atoms with van der Waals surface area (Å²) in [5.74, 6) is 1.24. The zero-order valence-corrected chi connectivity index (χ0v) is 18.8. The first-order chi connectivity index (χ1) is 10.9. The van der Waals surface area contributed by atoms with Crippen molar-refractivity contribution in [3.05, 3.63) is 39.9 Å². The van der Waals surface area contributed by atoms with E-state index < -0.39 is 0 Å². The second-order valence-electron chi connectivity index (χ2n) is 8.60. The predicted octanol–water partition coefficient (Wildman–Crippen LogP) is 5.62. The zero-order valence-electron chi connectivity index (χ0n) is 16.3. The highest BCUT2D eigenvalue weighted by Crippen LogP contribution is 2.40. The van der Waals surface area contributed by atoms with E-state index in [1.54, 1.807) is 11.8 Å².